The molecular weight excluding hydrogens is 302 g/mol. The molecule has 24 heavy (non-hydrogen) atoms. The van der Waals surface area contributed by atoms with E-state index in [0.717, 1.165) is 11.2 Å². The van der Waals surface area contributed by atoms with Gasteiger partial charge in [-0.1, -0.05) is 32.0 Å². The molecule has 3 heterocycles. The molecule has 1 N–H and O–H groups in total. The van der Waals surface area contributed by atoms with Crippen molar-refractivity contribution in [3.63, 3.8) is 0 Å². The van der Waals surface area contributed by atoms with Gasteiger partial charge in [0.05, 0.1) is 12.6 Å². The quantitative estimate of drug-likeness (QED) is 0.922. The molecule has 2 aliphatic heterocycles. The number of amides is 2. The number of benzene rings is 1. The normalized spacial score (nSPS) is 23.8. The highest BCUT2D eigenvalue weighted by Gasteiger charge is 2.46. The summed E-state index contributed by atoms with van der Waals surface area (Å²) in [5.74, 6) is 0.501. The molecule has 2 atom stereocenters. The summed E-state index contributed by atoms with van der Waals surface area (Å²) in [5, 5.41) is 1.17. The lowest BCUT2D eigenvalue weighted by atomic mass is 9.89. The van der Waals surface area contributed by atoms with Crippen molar-refractivity contribution in [2.75, 3.05) is 13.1 Å². The molecule has 2 aromatic rings. The Morgan fingerprint density at radius 3 is 2.75 bits per heavy atom. The van der Waals surface area contributed by atoms with Crippen molar-refractivity contribution < 1.29 is 9.59 Å². The van der Waals surface area contributed by atoms with Gasteiger partial charge in [0.2, 0.25) is 11.8 Å². The zero-order chi connectivity index (χ0) is 17.0. The fourth-order valence-corrected chi connectivity index (χ4v) is 4.22. The molecule has 5 heteroatoms. The molecule has 0 bridgehead atoms. The van der Waals surface area contributed by atoms with Crippen LogP contribution in [0, 0.1) is 5.92 Å². The number of H-pyrrole nitrogens is 1. The second-order valence-corrected chi connectivity index (χ2v) is 7.37. The van der Waals surface area contributed by atoms with Crippen LogP contribution in [0.1, 0.15) is 38.1 Å². The highest BCUT2D eigenvalue weighted by molar-refractivity contribution is 5.97. The number of piperazine rings is 1. The van der Waals surface area contributed by atoms with Crippen molar-refractivity contribution in [2.24, 2.45) is 5.92 Å². The molecule has 126 valence electrons. The van der Waals surface area contributed by atoms with Gasteiger partial charge in [0, 0.05) is 29.6 Å². The maximum atomic E-state index is 13.0. The molecule has 0 radical (unpaired) electrons. The fourth-order valence-electron chi connectivity index (χ4n) is 4.22. The van der Waals surface area contributed by atoms with Crippen molar-refractivity contribution >= 4 is 22.7 Å². The lowest BCUT2D eigenvalue weighted by molar-refractivity contribution is -0.159. The highest BCUT2D eigenvalue weighted by atomic mass is 16.2. The van der Waals surface area contributed by atoms with Crippen LogP contribution in [-0.4, -0.2) is 45.7 Å². The predicted octanol–water partition coefficient (Wildman–Crippen LogP) is 2.48. The van der Waals surface area contributed by atoms with Crippen LogP contribution in [-0.2, 0) is 16.0 Å². The largest absolute Gasteiger partial charge is 0.356 e. The lowest BCUT2D eigenvalue weighted by Crippen LogP contribution is -2.62. The van der Waals surface area contributed by atoms with Crippen LogP contribution in [0.4, 0.5) is 0 Å². The average molecular weight is 325 g/mol. The van der Waals surface area contributed by atoms with Gasteiger partial charge in [0.1, 0.15) is 6.04 Å². The van der Waals surface area contributed by atoms with E-state index in [1.165, 1.54) is 10.9 Å². The van der Waals surface area contributed by atoms with Crippen LogP contribution < -0.4 is 0 Å². The lowest BCUT2D eigenvalue weighted by Gasteiger charge is -2.46. The zero-order valence-electron chi connectivity index (χ0n) is 14.4. The Labute approximate surface area is 141 Å². The number of fused-ring (bicyclic) bond motifs is 4. The van der Waals surface area contributed by atoms with Crippen molar-refractivity contribution in [2.45, 2.75) is 39.3 Å². The first kappa shape index (κ1) is 15.2. The Hall–Kier alpha value is -2.30. The van der Waals surface area contributed by atoms with Crippen LogP contribution in [0.2, 0.25) is 0 Å². The number of nitrogens with one attached hydrogen (secondary N) is 1. The summed E-state index contributed by atoms with van der Waals surface area (Å²) in [6.45, 7) is 7.01. The smallest absolute Gasteiger partial charge is 0.246 e. The van der Waals surface area contributed by atoms with E-state index >= 15 is 0 Å². The topological polar surface area (TPSA) is 56.4 Å². The Morgan fingerprint density at radius 2 is 2.00 bits per heavy atom. The fraction of sp³-hybridized carbons (Fsp3) is 0.474. The van der Waals surface area contributed by atoms with Gasteiger partial charge >= 0.3 is 0 Å². The molecule has 0 spiro atoms. The first-order chi connectivity index (χ1) is 11.5. The van der Waals surface area contributed by atoms with Gasteiger partial charge in [-0.3, -0.25) is 9.59 Å². The van der Waals surface area contributed by atoms with Crippen LogP contribution in [0.15, 0.2) is 24.3 Å². The third-order valence-corrected chi connectivity index (χ3v) is 5.21. The molecule has 0 saturated carbocycles. The van der Waals surface area contributed by atoms with Crippen LogP contribution >= 0.6 is 0 Å². The summed E-state index contributed by atoms with van der Waals surface area (Å²) in [6.07, 6.45) is 0.600. The second-order valence-electron chi connectivity index (χ2n) is 7.37. The van der Waals surface area contributed by atoms with Crippen LogP contribution in [0.5, 0.6) is 0 Å². The minimum Gasteiger partial charge on any atom is -0.356 e. The van der Waals surface area contributed by atoms with Gasteiger partial charge in [0.15, 0.2) is 0 Å². The summed E-state index contributed by atoms with van der Waals surface area (Å²) in [6, 6.07) is 7.70. The summed E-state index contributed by atoms with van der Waals surface area (Å²) < 4.78 is 0. The van der Waals surface area contributed by atoms with E-state index in [-0.39, 0.29) is 30.4 Å². The number of nitrogens with zero attached hydrogens (tertiary/aromatic N) is 2. The summed E-state index contributed by atoms with van der Waals surface area (Å²) >= 11 is 0. The van der Waals surface area contributed by atoms with Crippen LogP contribution in [0.3, 0.4) is 0 Å². The molecule has 1 aromatic heterocycles. The molecule has 0 aliphatic carbocycles. The van der Waals surface area contributed by atoms with E-state index < -0.39 is 0 Å². The van der Waals surface area contributed by atoms with E-state index in [9.17, 15) is 9.59 Å². The summed E-state index contributed by atoms with van der Waals surface area (Å²) in [5.41, 5.74) is 3.34. The van der Waals surface area contributed by atoms with Crippen molar-refractivity contribution in [3.05, 3.63) is 35.5 Å². The average Bonchev–Trinajstić information content (AvgIpc) is 2.91. The zero-order valence-corrected chi connectivity index (χ0v) is 14.4. The standard InChI is InChI=1S/C19H23N3O2/c1-11(2)9-21-10-17(23)22-12(3)18-14(8-16(22)19(21)24)13-6-4-5-7-15(13)20-18/h4-7,11-12,16,20H,8-10H2,1-3H3/t12-,16-/m0/s1. The molecule has 1 fully saturated rings. The Balaban J connectivity index is 1.77. The predicted molar refractivity (Wildman–Crippen MR) is 92.5 cm³/mol. The molecule has 4 rings (SSSR count). The van der Waals surface area contributed by atoms with Crippen molar-refractivity contribution in [3.8, 4) is 0 Å². The maximum Gasteiger partial charge on any atom is 0.246 e. The minimum absolute atomic E-state index is 0.0528. The summed E-state index contributed by atoms with van der Waals surface area (Å²) in [4.78, 5) is 32.7. The van der Waals surface area contributed by atoms with Gasteiger partial charge in [-0.2, -0.15) is 0 Å². The number of aromatic amines is 1. The molecule has 1 saturated heterocycles. The van der Waals surface area contributed by atoms with Gasteiger partial charge < -0.3 is 14.8 Å². The number of aromatic nitrogens is 1. The van der Waals surface area contributed by atoms with Gasteiger partial charge in [0.25, 0.3) is 0 Å². The highest BCUT2D eigenvalue weighted by Crippen LogP contribution is 2.38. The van der Waals surface area contributed by atoms with Crippen LogP contribution in [0.25, 0.3) is 10.9 Å². The number of hydrogen-bond donors (Lipinski definition) is 1. The van der Waals surface area contributed by atoms with E-state index in [4.69, 9.17) is 0 Å². The SMILES string of the molecule is CC(C)CN1CC(=O)N2[C@@H](Cc3c([nH]c4ccccc34)[C@@H]2C)C1=O. The van der Waals surface area contributed by atoms with Gasteiger partial charge in [-0.15, -0.1) is 0 Å². The third-order valence-electron chi connectivity index (χ3n) is 5.21. The molecule has 2 amide bonds. The molecule has 1 aromatic carbocycles. The number of carbonyl (C=O) groups excluding carboxylic acids is 2. The van der Waals surface area contributed by atoms with E-state index in [1.807, 2.05) is 25.1 Å². The number of carbonyl (C=O) groups is 2. The van der Waals surface area contributed by atoms with Gasteiger partial charge in [-0.05, 0) is 24.5 Å². The van der Waals surface area contributed by atoms with Gasteiger partial charge in [-0.25, -0.2) is 0 Å². The Kier molecular flexibility index (Phi) is 3.41. The second kappa shape index (κ2) is 5.36. The van der Waals surface area contributed by atoms with E-state index in [2.05, 4.69) is 24.9 Å². The molecule has 0 unspecified atom stereocenters. The third kappa shape index (κ3) is 2.14. The van der Waals surface area contributed by atoms with E-state index in [0.29, 0.717) is 18.9 Å². The Morgan fingerprint density at radius 1 is 1.25 bits per heavy atom. The van der Waals surface area contributed by atoms with Crippen molar-refractivity contribution in [1.82, 2.24) is 14.8 Å². The number of hydrogen-bond acceptors (Lipinski definition) is 2. The molecule has 5 nitrogen and oxygen atoms in total. The number of rotatable bonds is 2. The van der Waals surface area contributed by atoms with Crippen molar-refractivity contribution in [1.29, 1.82) is 0 Å². The van der Waals surface area contributed by atoms with E-state index in [1.54, 1.807) is 9.80 Å². The maximum absolute atomic E-state index is 13.0. The minimum atomic E-state index is -0.369. The Bertz CT molecular complexity index is 823. The molecular formula is C19H23N3O2. The first-order valence-electron chi connectivity index (χ1n) is 8.66. The number of para-hydroxylation sites is 1. The molecule has 2 aliphatic rings. The first-order valence-corrected chi connectivity index (χ1v) is 8.66. The monoisotopic (exact) mass is 325 g/mol. The summed E-state index contributed by atoms with van der Waals surface area (Å²) in [7, 11) is 0.